The zero-order valence-corrected chi connectivity index (χ0v) is 12.6. The first-order chi connectivity index (χ1) is 9.09. The number of hydrogen-bond acceptors (Lipinski definition) is 2. The van der Waals surface area contributed by atoms with Crippen LogP contribution in [0.2, 0.25) is 0 Å². The predicted octanol–water partition coefficient (Wildman–Crippen LogP) is 2.80. The molecule has 104 valence electrons. The molecule has 0 bridgehead atoms. The average Bonchev–Trinajstić information content (AvgIpc) is 2.40. The summed E-state index contributed by atoms with van der Waals surface area (Å²) in [6, 6.07) is 7.70. The van der Waals surface area contributed by atoms with Crippen LogP contribution < -0.4 is 5.32 Å². The molecule has 0 atom stereocenters. The van der Waals surface area contributed by atoms with Gasteiger partial charge in [-0.25, -0.2) is 0 Å². The van der Waals surface area contributed by atoms with Crippen molar-refractivity contribution in [3.05, 3.63) is 34.3 Å². The highest BCUT2D eigenvalue weighted by Gasteiger charge is 2.29. The maximum atomic E-state index is 11.9. The molecular weight excluding hydrogens is 306 g/mol. The Balaban J connectivity index is 1.83. The van der Waals surface area contributed by atoms with Gasteiger partial charge in [-0.3, -0.25) is 4.79 Å². The Morgan fingerprint density at radius 1 is 1.26 bits per heavy atom. The summed E-state index contributed by atoms with van der Waals surface area (Å²) >= 11 is 3.43. The van der Waals surface area contributed by atoms with Crippen LogP contribution in [0.1, 0.15) is 37.7 Å². The molecule has 1 saturated carbocycles. The third-order valence-electron chi connectivity index (χ3n) is 3.71. The second-order valence-electron chi connectivity index (χ2n) is 5.33. The fourth-order valence-electron chi connectivity index (χ4n) is 2.53. The molecule has 1 aliphatic carbocycles. The van der Waals surface area contributed by atoms with Gasteiger partial charge in [-0.1, -0.05) is 53.4 Å². The summed E-state index contributed by atoms with van der Waals surface area (Å²) in [6.07, 6.45) is 5.22. The number of hydrogen-bond donors (Lipinski definition) is 2. The number of carbonyl (C=O) groups is 1. The normalized spacial score (nSPS) is 18.0. The fraction of sp³-hybridized carbons (Fsp3) is 0.533. The van der Waals surface area contributed by atoms with Gasteiger partial charge in [0.2, 0.25) is 5.91 Å². The number of halogens is 1. The summed E-state index contributed by atoms with van der Waals surface area (Å²) in [4.78, 5) is 11.9. The Bertz CT molecular complexity index is 442. The van der Waals surface area contributed by atoms with Crippen LogP contribution in [0.3, 0.4) is 0 Å². The van der Waals surface area contributed by atoms with E-state index in [4.69, 9.17) is 0 Å². The molecular formula is C15H20BrNO2. The highest BCUT2D eigenvalue weighted by atomic mass is 79.9. The van der Waals surface area contributed by atoms with E-state index < -0.39 is 5.60 Å². The van der Waals surface area contributed by atoms with E-state index in [0.717, 1.165) is 35.7 Å². The van der Waals surface area contributed by atoms with Crippen LogP contribution in [0.4, 0.5) is 0 Å². The van der Waals surface area contributed by atoms with Gasteiger partial charge in [0.1, 0.15) is 0 Å². The topological polar surface area (TPSA) is 49.3 Å². The van der Waals surface area contributed by atoms with Crippen LogP contribution in [0.15, 0.2) is 28.7 Å². The van der Waals surface area contributed by atoms with E-state index in [1.54, 1.807) is 0 Å². The molecule has 0 spiro atoms. The summed E-state index contributed by atoms with van der Waals surface area (Å²) in [6.45, 7) is 0.371. The lowest BCUT2D eigenvalue weighted by molar-refractivity contribution is -0.122. The van der Waals surface area contributed by atoms with Crippen molar-refractivity contribution in [2.75, 3.05) is 6.54 Å². The number of amides is 1. The largest absolute Gasteiger partial charge is 0.388 e. The van der Waals surface area contributed by atoms with E-state index in [0.29, 0.717) is 13.0 Å². The summed E-state index contributed by atoms with van der Waals surface area (Å²) in [7, 11) is 0. The van der Waals surface area contributed by atoms with Gasteiger partial charge < -0.3 is 10.4 Å². The minimum atomic E-state index is -0.693. The fourth-order valence-corrected chi connectivity index (χ4v) is 2.95. The molecule has 0 unspecified atom stereocenters. The minimum absolute atomic E-state index is 0.0362. The number of carbonyl (C=O) groups excluding carboxylic acids is 1. The second kappa shape index (κ2) is 6.53. The third kappa shape index (κ3) is 4.32. The van der Waals surface area contributed by atoms with Crippen molar-refractivity contribution >= 4 is 21.8 Å². The molecule has 2 N–H and O–H groups in total. The van der Waals surface area contributed by atoms with E-state index >= 15 is 0 Å². The summed E-state index contributed by atoms with van der Waals surface area (Å²) in [5, 5.41) is 13.2. The lowest BCUT2D eigenvalue weighted by Crippen LogP contribution is -2.44. The zero-order chi connectivity index (χ0) is 13.7. The predicted molar refractivity (Wildman–Crippen MR) is 78.9 cm³/mol. The van der Waals surface area contributed by atoms with Gasteiger partial charge in [0.15, 0.2) is 0 Å². The van der Waals surface area contributed by atoms with Crippen molar-refractivity contribution in [2.24, 2.45) is 0 Å². The molecule has 1 aliphatic rings. The van der Waals surface area contributed by atoms with Crippen molar-refractivity contribution in [3.63, 3.8) is 0 Å². The van der Waals surface area contributed by atoms with Gasteiger partial charge in [0, 0.05) is 11.0 Å². The van der Waals surface area contributed by atoms with E-state index in [1.807, 2.05) is 24.3 Å². The monoisotopic (exact) mass is 325 g/mol. The zero-order valence-electron chi connectivity index (χ0n) is 11.0. The van der Waals surface area contributed by atoms with Crippen LogP contribution in [0.25, 0.3) is 0 Å². The van der Waals surface area contributed by atoms with Crippen molar-refractivity contribution in [3.8, 4) is 0 Å². The highest BCUT2D eigenvalue weighted by Crippen LogP contribution is 2.27. The summed E-state index contributed by atoms with van der Waals surface area (Å²) in [5.41, 5.74) is 0.276. The molecule has 3 nitrogen and oxygen atoms in total. The first-order valence-corrected chi connectivity index (χ1v) is 7.61. The maximum Gasteiger partial charge on any atom is 0.224 e. The van der Waals surface area contributed by atoms with Gasteiger partial charge in [0.05, 0.1) is 12.0 Å². The molecule has 1 amide bonds. The molecule has 4 heteroatoms. The third-order valence-corrected chi connectivity index (χ3v) is 4.48. The highest BCUT2D eigenvalue weighted by molar-refractivity contribution is 9.10. The van der Waals surface area contributed by atoms with Crippen LogP contribution in [0, 0.1) is 0 Å². The molecule has 2 rings (SSSR count). The van der Waals surface area contributed by atoms with Crippen LogP contribution in [0.5, 0.6) is 0 Å². The Morgan fingerprint density at radius 3 is 2.63 bits per heavy atom. The second-order valence-corrected chi connectivity index (χ2v) is 6.18. The number of aliphatic hydroxyl groups is 1. The maximum absolute atomic E-state index is 11.9. The Morgan fingerprint density at radius 2 is 1.95 bits per heavy atom. The van der Waals surface area contributed by atoms with Crippen molar-refractivity contribution in [1.29, 1.82) is 0 Å². The number of benzene rings is 1. The van der Waals surface area contributed by atoms with Crippen molar-refractivity contribution in [1.82, 2.24) is 5.32 Å². The van der Waals surface area contributed by atoms with E-state index in [9.17, 15) is 9.90 Å². The summed E-state index contributed by atoms with van der Waals surface area (Å²) in [5.74, 6) is -0.0362. The quantitative estimate of drug-likeness (QED) is 0.894. The number of rotatable bonds is 4. The first-order valence-electron chi connectivity index (χ1n) is 6.82. The molecule has 19 heavy (non-hydrogen) atoms. The van der Waals surface area contributed by atoms with Crippen LogP contribution in [-0.2, 0) is 11.2 Å². The molecule has 1 fully saturated rings. The van der Waals surface area contributed by atoms with Gasteiger partial charge in [-0.15, -0.1) is 0 Å². The molecule has 0 radical (unpaired) electrons. The van der Waals surface area contributed by atoms with Crippen LogP contribution >= 0.6 is 15.9 Å². The van der Waals surface area contributed by atoms with Crippen molar-refractivity contribution in [2.45, 2.75) is 44.1 Å². The lowest BCUT2D eigenvalue weighted by atomic mass is 9.85. The van der Waals surface area contributed by atoms with Crippen LogP contribution in [-0.4, -0.2) is 23.2 Å². The van der Waals surface area contributed by atoms with Gasteiger partial charge >= 0.3 is 0 Å². The van der Waals surface area contributed by atoms with E-state index in [-0.39, 0.29) is 5.91 Å². The Kier molecular flexibility index (Phi) is 4.99. The lowest BCUT2D eigenvalue weighted by Gasteiger charge is -2.32. The molecule has 0 heterocycles. The SMILES string of the molecule is O=C(Cc1ccccc1Br)NCC1(O)CCCCC1. The van der Waals surface area contributed by atoms with Gasteiger partial charge in [0.25, 0.3) is 0 Å². The standard InChI is InChI=1S/C15H20BrNO2/c16-13-7-3-2-6-12(13)10-14(18)17-11-15(19)8-4-1-5-9-15/h2-3,6-7,19H,1,4-5,8-11H2,(H,17,18). The molecule has 0 saturated heterocycles. The molecule has 1 aromatic carbocycles. The average molecular weight is 326 g/mol. The van der Waals surface area contributed by atoms with Gasteiger partial charge in [-0.05, 0) is 24.5 Å². The Hall–Kier alpha value is -0.870. The Labute approximate surface area is 122 Å². The van der Waals surface area contributed by atoms with E-state index in [1.165, 1.54) is 6.42 Å². The summed E-state index contributed by atoms with van der Waals surface area (Å²) < 4.78 is 0.946. The van der Waals surface area contributed by atoms with Gasteiger partial charge in [-0.2, -0.15) is 0 Å². The minimum Gasteiger partial charge on any atom is -0.388 e. The first kappa shape index (κ1) is 14.5. The van der Waals surface area contributed by atoms with E-state index in [2.05, 4.69) is 21.2 Å². The van der Waals surface area contributed by atoms with Crippen molar-refractivity contribution < 1.29 is 9.90 Å². The molecule has 0 aliphatic heterocycles. The smallest absolute Gasteiger partial charge is 0.224 e. The molecule has 0 aromatic heterocycles. The number of nitrogens with one attached hydrogen (secondary N) is 1. The molecule has 1 aromatic rings.